The summed E-state index contributed by atoms with van der Waals surface area (Å²) in [5, 5.41) is 5.57. The van der Waals surface area contributed by atoms with Gasteiger partial charge in [-0.3, -0.25) is 18.9 Å². The number of likely N-dealkylation sites (N-methyl/N-ethyl adjacent to an activating group) is 1. The Morgan fingerprint density at radius 2 is 1.50 bits per heavy atom. The molecule has 3 aromatic carbocycles. The van der Waals surface area contributed by atoms with Crippen LogP contribution in [0.25, 0.3) is 0 Å². The van der Waals surface area contributed by atoms with E-state index in [1.54, 1.807) is 36.4 Å². The molecule has 0 saturated carbocycles. The van der Waals surface area contributed by atoms with Crippen LogP contribution in [0.1, 0.15) is 92.1 Å². The normalized spacial score (nSPS) is 16.6. The molecule has 15 heteroatoms. The quantitative estimate of drug-likeness (QED) is 0.0482. The van der Waals surface area contributed by atoms with E-state index in [0.29, 0.717) is 43.3 Å². The molecule has 0 aromatic heterocycles. The first-order chi connectivity index (χ1) is 27.3. The van der Waals surface area contributed by atoms with Crippen molar-refractivity contribution in [3.8, 4) is 0 Å². The number of unbranched alkanes of at least 4 members (excludes halogenated alkanes) is 2. The molecule has 2 aliphatic rings. The standard InChI is InChI=1S/C43H50N4O9S2/c1-6-46-36-22-20-32(57(51,52)53)27-34(36)42(2,3)38(46)13-9-7-10-14-39-43(4,5)35-28-33(58(54,55)56)21-23-37(35)47(39)26-12-8-11-15-40(49)44-24-25-45-41(50)31-18-16-30(29-48)17-19-31/h7,9-10,13-14,16-23,27-29H,6,8,11-12,15,24-26H2,1-5H3,(H3-,44,45,49,50,51,52,53,54,55,56). The van der Waals surface area contributed by atoms with E-state index in [9.17, 15) is 40.3 Å². The lowest BCUT2D eigenvalue weighted by atomic mass is 9.81. The van der Waals surface area contributed by atoms with Crippen molar-refractivity contribution in [2.45, 2.75) is 80.9 Å². The topological polar surface area (TPSA) is 193 Å². The third kappa shape index (κ3) is 9.72. The predicted molar refractivity (Wildman–Crippen MR) is 222 cm³/mol. The van der Waals surface area contributed by atoms with Gasteiger partial charge in [0.05, 0.1) is 15.2 Å². The minimum absolute atomic E-state index is 0.126. The first kappa shape index (κ1) is 43.9. The maximum atomic E-state index is 12.5. The van der Waals surface area contributed by atoms with Gasteiger partial charge >= 0.3 is 0 Å². The monoisotopic (exact) mass is 830 g/mol. The van der Waals surface area contributed by atoms with E-state index in [4.69, 9.17) is 0 Å². The Morgan fingerprint density at radius 1 is 0.828 bits per heavy atom. The van der Waals surface area contributed by atoms with Crippen molar-refractivity contribution < 1.29 is 44.9 Å². The Kier molecular flexibility index (Phi) is 13.4. The summed E-state index contributed by atoms with van der Waals surface area (Å²) in [6, 6.07) is 15.3. The highest BCUT2D eigenvalue weighted by Gasteiger charge is 2.45. The van der Waals surface area contributed by atoms with Gasteiger partial charge < -0.3 is 20.1 Å². The zero-order valence-corrected chi connectivity index (χ0v) is 35.0. The molecule has 0 saturated heterocycles. The molecule has 0 spiro atoms. The van der Waals surface area contributed by atoms with Gasteiger partial charge in [0, 0.05) is 78.1 Å². The van der Waals surface area contributed by atoms with Crippen molar-refractivity contribution in [2.75, 3.05) is 31.1 Å². The van der Waals surface area contributed by atoms with Gasteiger partial charge in [-0.05, 0) is 87.7 Å². The van der Waals surface area contributed by atoms with Crippen LogP contribution in [0, 0.1) is 0 Å². The van der Waals surface area contributed by atoms with E-state index in [-0.39, 0.29) is 34.7 Å². The van der Waals surface area contributed by atoms with Crippen LogP contribution in [0.15, 0.2) is 107 Å². The fourth-order valence-corrected chi connectivity index (χ4v) is 8.58. The number of rotatable bonds is 17. The maximum Gasteiger partial charge on any atom is 0.294 e. The van der Waals surface area contributed by atoms with Gasteiger partial charge in [0.2, 0.25) is 11.6 Å². The summed E-state index contributed by atoms with van der Waals surface area (Å²) in [6.45, 7) is 11.7. The van der Waals surface area contributed by atoms with Gasteiger partial charge in [-0.2, -0.15) is 13.0 Å². The van der Waals surface area contributed by atoms with E-state index in [1.165, 1.54) is 24.3 Å². The second kappa shape index (κ2) is 17.7. The third-order valence-corrected chi connectivity index (χ3v) is 12.4. The highest BCUT2D eigenvalue weighted by atomic mass is 32.2. The summed E-state index contributed by atoms with van der Waals surface area (Å²) in [5.74, 6) is -0.423. The summed E-state index contributed by atoms with van der Waals surface area (Å²) in [6.07, 6.45) is 12.8. The first-order valence-electron chi connectivity index (χ1n) is 19.1. The van der Waals surface area contributed by atoms with Gasteiger partial charge in [0.25, 0.3) is 16.0 Å². The smallest absolute Gasteiger partial charge is 0.294 e. The lowest BCUT2D eigenvalue weighted by molar-refractivity contribution is -0.438. The second-order valence-electron chi connectivity index (χ2n) is 15.3. The van der Waals surface area contributed by atoms with Crippen molar-refractivity contribution in [3.63, 3.8) is 0 Å². The van der Waals surface area contributed by atoms with Crippen LogP contribution in [0.3, 0.4) is 0 Å². The zero-order chi connectivity index (χ0) is 42.5. The number of nitrogens with zero attached hydrogens (tertiary/aromatic N) is 2. The largest absolute Gasteiger partial charge is 0.744 e. The Balaban J connectivity index is 1.24. The van der Waals surface area contributed by atoms with E-state index in [0.717, 1.165) is 46.8 Å². The summed E-state index contributed by atoms with van der Waals surface area (Å²) in [7, 11) is -9.04. The van der Waals surface area contributed by atoms with E-state index >= 15 is 0 Å². The van der Waals surface area contributed by atoms with Crippen LogP contribution in [0.5, 0.6) is 0 Å². The number of fused-ring (bicyclic) bond motifs is 2. The lowest BCUT2D eigenvalue weighted by Gasteiger charge is -2.25. The molecule has 2 heterocycles. The highest BCUT2D eigenvalue weighted by Crippen LogP contribution is 2.48. The number of carbonyl (C=O) groups excluding carboxylic acids is 3. The van der Waals surface area contributed by atoms with Gasteiger partial charge in [-0.15, -0.1) is 0 Å². The number of carbonyl (C=O) groups is 3. The number of hydrogen-bond acceptors (Lipinski definition) is 9. The van der Waals surface area contributed by atoms with Crippen LogP contribution in [0.4, 0.5) is 11.4 Å². The molecule has 13 nitrogen and oxygen atoms in total. The van der Waals surface area contributed by atoms with Gasteiger partial charge in [-0.25, -0.2) is 8.42 Å². The minimum Gasteiger partial charge on any atom is -0.744 e. The molecule has 58 heavy (non-hydrogen) atoms. The van der Waals surface area contributed by atoms with E-state index in [2.05, 4.69) is 20.1 Å². The number of nitrogens with one attached hydrogen (secondary N) is 2. The molecule has 0 unspecified atom stereocenters. The number of allylic oxidation sites excluding steroid dienone is 6. The zero-order valence-electron chi connectivity index (χ0n) is 33.3. The van der Waals surface area contributed by atoms with Gasteiger partial charge in [0.15, 0.2) is 5.71 Å². The van der Waals surface area contributed by atoms with Crippen molar-refractivity contribution in [1.82, 2.24) is 10.6 Å². The molecule has 308 valence electrons. The molecule has 0 bridgehead atoms. The highest BCUT2D eigenvalue weighted by molar-refractivity contribution is 7.86. The molecule has 0 radical (unpaired) electrons. The average Bonchev–Trinajstić information content (AvgIpc) is 3.52. The molecular weight excluding hydrogens is 781 g/mol. The molecule has 2 amide bonds. The van der Waals surface area contributed by atoms with Crippen molar-refractivity contribution in [1.29, 1.82) is 0 Å². The Bertz CT molecular complexity index is 2430. The van der Waals surface area contributed by atoms with Crippen LogP contribution in [-0.4, -0.2) is 80.5 Å². The summed E-state index contributed by atoms with van der Waals surface area (Å²) in [5.41, 5.74) is 4.74. The van der Waals surface area contributed by atoms with Crippen LogP contribution in [-0.2, 0) is 35.9 Å². The Hall–Kier alpha value is -5.22. The third-order valence-electron chi connectivity index (χ3n) is 10.7. The van der Waals surface area contributed by atoms with Crippen molar-refractivity contribution in [2.24, 2.45) is 0 Å². The number of benzene rings is 3. The Morgan fingerprint density at radius 3 is 2.16 bits per heavy atom. The molecule has 3 aromatic rings. The molecule has 0 fully saturated rings. The number of anilines is 1. The van der Waals surface area contributed by atoms with Crippen LogP contribution < -0.4 is 15.5 Å². The van der Waals surface area contributed by atoms with Gasteiger partial charge in [0.1, 0.15) is 22.9 Å². The van der Waals surface area contributed by atoms with Crippen LogP contribution >= 0.6 is 0 Å². The summed E-state index contributed by atoms with van der Waals surface area (Å²) < 4.78 is 71.4. The van der Waals surface area contributed by atoms with Crippen LogP contribution in [0.2, 0.25) is 0 Å². The number of aldehydes is 1. The molecule has 5 rings (SSSR count). The van der Waals surface area contributed by atoms with E-state index < -0.39 is 31.1 Å². The first-order valence-corrected chi connectivity index (χ1v) is 22.0. The summed E-state index contributed by atoms with van der Waals surface area (Å²) in [4.78, 5) is 37.3. The maximum absolute atomic E-state index is 12.5. The number of amides is 2. The van der Waals surface area contributed by atoms with Crippen molar-refractivity contribution >= 4 is 55.4 Å². The average molecular weight is 831 g/mol. The van der Waals surface area contributed by atoms with Gasteiger partial charge in [-0.1, -0.05) is 44.2 Å². The second-order valence-corrected chi connectivity index (χ2v) is 18.1. The Labute approximate surface area is 340 Å². The van der Waals surface area contributed by atoms with E-state index in [1.807, 2.05) is 65.0 Å². The molecular formula is C43H50N4O9S2. The summed E-state index contributed by atoms with van der Waals surface area (Å²) >= 11 is 0. The SMILES string of the molecule is CCN1/C(=C/C=C/C=C/C2=[N+](CCCCCC(=O)NCCNC(=O)c3ccc(C=O)cc3)c3ccc(S(=O)(=O)O)cc3C2(C)C)C(C)(C)c2cc(S(=O)(=O)[O-])ccc21. The number of hydrogen-bond donors (Lipinski definition) is 3. The minimum atomic E-state index is -4.61. The molecule has 2 aliphatic heterocycles. The fourth-order valence-electron chi connectivity index (χ4n) is 7.58. The molecule has 0 aliphatic carbocycles. The van der Waals surface area contributed by atoms with Crippen molar-refractivity contribution in [3.05, 3.63) is 119 Å². The molecule has 0 atom stereocenters. The lowest BCUT2D eigenvalue weighted by Crippen LogP contribution is -2.34. The molecule has 3 N–H and O–H groups in total. The predicted octanol–water partition coefficient (Wildman–Crippen LogP) is 5.95. The fraction of sp³-hybridized carbons (Fsp3) is 0.349.